The molecule has 4 nitrogen and oxygen atoms in total. The van der Waals surface area contributed by atoms with Gasteiger partial charge in [0.1, 0.15) is 0 Å². The van der Waals surface area contributed by atoms with Crippen LogP contribution in [0.1, 0.15) is 13.3 Å². The van der Waals surface area contributed by atoms with Gasteiger partial charge >= 0.3 is 7.60 Å². The summed E-state index contributed by atoms with van der Waals surface area (Å²) in [5.74, 6) is 0. The zero-order chi connectivity index (χ0) is 8.74. The summed E-state index contributed by atoms with van der Waals surface area (Å²) >= 11 is 0. The van der Waals surface area contributed by atoms with Crippen molar-refractivity contribution in [1.82, 2.24) is 0 Å². The van der Waals surface area contributed by atoms with E-state index in [9.17, 15) is 4.57 Å². The molecule has 0 saturated heterocycles. The van der Waals surface area contributed by atoms with E-state index in [1.54, 1.807) is 0 Å². The van der Waals surface area contributed by atoms with Crippen molar-refractivity contribution >= 4 is 7.60 Å². The fourth-order valence-electron chi connectivity index (χ4n) is 0.512. The minimum Gasteiger partial charge on any atom is -0.379 e. The number of hydrogen-bond acceptors (Lipinski definition) is 3. The van der Waals surface area contributed by atoms with Crippen molar-refractivity contribution in [2.45, 2.75) is 13.3 Å². The van der Waals surface area contributed by atoms with Crippen LogP contribution in [0.25, 0.3) is 0 Å². The van der Waals surface area contributed by atoms with Crippen molar-refractivity contribution in [2.75, 3.05) is 26.5 Å². The van der Waals surface area contributed by atoms with Crippen LogP contribution in [0.5, 0.6) is 0 Å². The molecule has 1 atom stereocenters. The van der Waals surface area contributed by atoms with Gasteiger partial charge in [0, 0.05) is 13.3 Å². The van der Waals surface area contributed by atoms with Crippen molar-refractivity contribution < 1.29 is 18.7 Å². The lowest BCUT2D eigenvalue weighted by molar-refractivity contribution is 0.0965. The summed E-state index contributed by atoms with van der Waals surface area (Å²) in [4.78, 5) is 8.65. The molecule has 0 aliphatic carbocycles. The van der Waals surface area contributed by atoms with Crippen molar-refractivity contribution in [1.29, 1.82) is 0 Å². The predicted octanol–water partition coefficient (Wildman–Crippen LogP) is 1.24. The molecule has 0 rings (SSSR count). The highest BCUT2D eigenvalue weighted by Gasteiger charge is 2.08. The maximum absolute atomic E-state index is 10.5. The lowest BCUT2D eigenvalue weighted by Crippen LogP contribution is -2.03. The largest absolute Gasteiger partial charge is 0.379 e. The van der Waals surface area contributed by atoms with E-state index in [1.165, 1.54) is 0 Å². The number of rotatable bonds is 6. The first-order chi connectivity index (χ1) is 5.06. The average Bonchev–Trinajstić information content (AvgIpc) is 1.85. The van der Waals surface area contributed by atoms with Crippen molar-refractivity contribution in [3.8, 4) is 0 Å². The normalized spacial score (nSPS) is 16.3. The van der Waals surface area contributed by atoms with Crippen LogP contribution in [0.15, 0.2) is 0 Å². The molecule has 1 N–H and O–H groups in total. The van der Waals surface area contributed by atoms with E-state index in [0.29, 0.717) is 13.2 Å². The van der Waals surface area contributed by atoms with Gasteiger partial charge in [0.25, 0.3) is 0 Å². The molecule has 0 aromatic carbocycles. The summed E-state index contributed by atoms with van der Waals surface area (Å²) in [6.45, 7) is 4.39. The molecule has 0 radical (unpaired) electrons. The van der Waals surface area contributed by atoms with Crippen LogP contribution in [0.3, 0.4) is 0 Å². The molecule has 1 unspecified atom stereocenters. The van der Waals surface area contributed by atoms with Crippen LogP contribution in [0.2, 0.25) is 0 Å². The summed E-state index contributed by atoms with van der Waals surface area (Å²) in [6.07, 6.45) is 0.947. The molecule has 0 aromatic rings. The third kappa shape index (κ3) is 10.1. The molecule has 0 amide bonds. The van der Waals surface area contributed by atoms with Gasteiger partial charge in [0.2, 0.25) is 0 Å². The van der Waals surface area contributed by atoms with E-state index < -0.39 is 7.60 Å². The molecule has 0 bridgehead atoms. The third-order valence-electron chi connectivity index (χ3n) is 0.907. The Hall–Kier alpha value is 0.110. The van der Waals surface area contributed by atoms with Gasteiger partial charge in [0.05, 0.1) is 13.2 Å². The quantitative estimate of drug-likeness (QED) is 0.496. The SMILES string of the molecule is CCCOCCOP(C)(=O)O. The molecule has 0 spiro atoms. The third-order valence-corrected chi connectivity index (χ3v) is 1.57. The lowest BCUT2D eigenvalue weighted by atomic mass is 10.5. The first-order valence-electron chi connectivity index (χ1n) is 3.59. The number of hydrogen-bond donors (Lipinski definition) is 1. The van der Waals surface area contributed by atoms with Crippen LogP contribution < -0.4 is 0 Å². The van der Waals surface area contributed by atoms with Crippen LogP contribution in [0.4, 0.5) is 0 Å². The van der Waals surface area contributed by atoms with Gasteiger partial charge in [-0.05, 0) is 6.42 Å². The summed E-state index contributed by atoms with van der Waals surface area (Å²) in [5.41, 5.74) is 0. The first kappa shape index (κ1) is 11.1. The Bertz CT molecular complexity index is 131. The Morgan fingerprint density at radius 2 is 2.00 bits per heavy atom. The maximum Gasteiger partial charge on any atom is 0.325 e. The minimum absolute atomic E-state index is 0.185. The molecular weight excluding hydrogens is 167 g/mol. The molecule has 0 aliphatic rings. The molecule has 0 aromatic heterocycles. The fraction of sp³-hybridized carbons (Fsp3) is 1.00. The monoisotopic (exact) mass is 182 g/mol. The molecule has 0 heterocycles. The highest BCUT2D eigenvalue weighted by molar-refractivity contribution is 7.51. The Balaban J connectivity index is 3.09. The maximum atomic E-state index is 10.5. The fourth-order valence-corrected chi connectivity index (χ4v) is 0.925. The zero-order valence-electron chi connectivity index (χ0n) is 6.95. The molecule has 0 aliphatic heterocycles. The standard InChI is InChI=1S/C6H15O4P/c1-3-4-9-5-6-10-11(2,7)8/h3-6H2,1-2H3,(H,7,8). The zero-order valence-corrected chi connectivity index (χ0v) is 7.84. The number of ether oxygens (including phenoxy) is 1. The minimum atomic E-state index is -3.29. The van der Waals surface area contributed by atoms with E-state index in [0.717, 1.165) is 13.1 Å². The van der Waals surface area contributed by atoms with Crippen LogP contribution in [0, 0.1) is 0 Å². The summed E-state index contributed by atoms with van der Waals surface area (Å²) in [7, 11) is -3.29. The van der Waals surface area contributed by atoms with Gasteiger partial charge in [0.15, 0.2) is 0 Å². The molecule has 5 heteroatoms. The Morgan fingerprint density at radius 1 is 1.36 bits per heavy atom. The van der Waals surface area contributed by atoms with Gasteiger partial charge in [-0.3, -0.25) is 4.57 Å². The van der Waals surface area contributed by atoms with E-state index in [4.69, 9.17) is 9.63 Å². The Labute approximate surface area is 67.0 Å². The second-order valence-corrected chi connectivity index (χ2v) is 4.11. The average molecular weight is 182 g/mol. The van der Waals surface area contributed by atoms with Gasteiger partial charge in [-0.15, -0.1) is 0 Å². The van der Waals surface area contributed by atoms with Crippen molar-refractivity contribution in [2.24, 2.45) is 0 Å². The summed E-state index contributed by atoms with van der Waals surface area (Å²) < 4.78 is 20.1. The Kier molecular flexibility index (Phi) is 5.78. The second-order valence-electron chi connectivity index (χ2n) is 2.25. The topological polar surface area (TPSA) is 55.8 Å². The van der Waals surface area contributed by atoms with Crippen molar-refractivity contribution in [3.63, 3.8) is 0 Å². The molecule has 11 heavy (non-hydrogen) atoms. The Morgan fingerprint density at radius 3 is 2.45 bits per heavy atom. The lowest BCUT2D eigenvalue weighted by Gasteiger charge is -2.06. The van der Waals surface area contributed by atoms with Crippen LogP contribution in [-0.4, -0.2) is 31.4 Å². The van der Waals surface area contributed by atoms with E-state index in [1.807, 2.05) is 6.92 Å². The molecule has 0 saturated carbocycles. The van der Waals surface area contributed by atoms with Gasteiger partial charge < -0.3 is 14.2 Å². The van der Waals surface area contributed by atoms with E-state index >= 15 is 0 Å². The van der Waals surface area contributed by atoms with Crippen molar-refractivity contribution in [3.05, 3.63) is 0 Å². The van der Waals surface area contributed by atoms with Crippen LogP contribution >= 0.6 is 7.60 Å². The van der Waals surface area contributed by atoms with Gasteiger partial charge in [-0.1, -0.05) is 6.92 Å². The highest BCUT2D eigenvalue weighted by atomic mass is 31.2. The summed E-state index contributed by atoms with van der Waals surface area (Å²) in [6, 6.07) is 0. The molecular formula is C6H15O4P. The highest BCUT2D eigenvalue weighted by Crippen LogP contribution is 2.35. The van der Waals surface area contributed by atoms with E-state index in [2.05, 4.69) is 4.52 Å². The van der Waals surface area contributed by atoms with E-state index in [-0.39, 0.29) is 6.61 Å². The summed E-state index contributed by atoms with van der Waals surface area (Å²) in [5, 5.41) is 0. The predicted molar refractivity (Wildman–Crippen MR) is 42.8 cm³/mol. The molecule has 0 fully saturated rings. The van der Waals surface area contributed by atoms with Gasteiger partial charge in [-0.25, -0.2) is 0 Å². The molecule has 68 valence electrons. The van der Waals surface area contributed by atoms with Crippen LogP contribution in [-0.2, 0) is 13.8 Å². The van der Waals surface area contributed by atoms with Gasteiger partial charge in [-0.2, -0.15) is 0 Å². The second kappa shape index (κ2) is 5.72. The first-order valence-corrected chi connectivity index (χ1v) is 5.61. The smallest absolute Gasteiger partial charge is 0.325 e.